The van der Waals surface area contributed by atoms with Crippen LogP contribution < -0.4 is 11.3 Å². The van der Waals surface area contributed by atoms with Crippen molar-refractivity contribution in [2.24, 2.45) is 0 Å². The van der Waals surface area contributed by atoms with Crippen LogP contribution in [0.15, 0.2) is 53.6 Å². The van der Waals surface area contributed by atoms with Crippen LogP contribution in [0.1, 0.15) is 5.56 Å². The van der Waals surface area contributed by atoms with E-state index in [1.165, 1.54) is 6.33 Å². The fraction of sp³-hybridized carbons (Fsp3) is 0.0667. The van der Waals surface area contributed by atoms with E-state index in [2.05, 4.69) is 4.98 Å². The van der Waals surface area contributed by atoms with E-state index in [1.807, 2.05) is 24.3 Å². The predicted octanol–water partition coefficient (Wildman–Crippen LogP) is 2.68. The minimum Gasteiger partial charge on any atom is -0.399 e. The first-order valence-corrected chi connectivity index (χ1v) is 6.51. The molecule has 0 atom stereocenters. The highest BCUT2D eigenvalue weighted by Gasteiger charge is 2.06. The highest BCUT2D eigenvalue weighted by Crippen LogP contribution is 2.19. The van der Waals surface area contributed by atoms with Crippen molar-refractivity contribution in [3.63, 3.8) is 0 Å². The van der Waals surface area contributed by atoms with E-state index in [4.69, 9.17) is 17.3 Å². The van der Waals surface area contributed by atoms with Crippen molar-refractivity contribution in [3.05, 3.63) is 69.7 Å². The summed E-state index contributed by atoms with van der Waals surface area (Å²) in [5.74, 6) is 0. The lowest BCUT2D eigenvalue weighted by Gasteiger charge is -2.08. The average Bonchev–Trinajstić information content (AvgIpc) is 2.45. The monoisotopic (exact) mass is 285 g/mol. The zero-order valence-electron chi connectivity index (χ0n) is 10.6. The van der Waals surface area contributed by atoms with Gasteiger partial charge in [-0.25, -0.2) is 4.98 Å². The molecule has 2 N–H and O–H groups in total. The van der Waals surface area contributed by atoms with Gasteiger partial charge in [-0.15, -0.1) is 0 Å². The maximum Gasteiger partial charge on any atom is 0.261 e. The van der Waals surface area contributed by atoms with Crippen LogP contribution in [-0.2, 0) is 6.54 Å². The lowest BCUT2D eigenvalue weighted by molar-refractivity contribution is 0.748. The molecule has 5 heteroatoms. The number of benzene rings is 2. The summed E-state index contributed by atoms with van der Waals surface area (Å²) in [5, 5.41) is 1.15. The maximum absolute atomic E-state index is 12.4. The van der Waals surface area contributed by atoms with Crippen molar-refractivity contribution >= 4 is 28.2 Å². The fourth-order valence-electron chi connectivity index (χ4n) is 2.09. The van der Waals surface area contributed by atoms with Gasteiger partial charge in [-0.05, 0) is 29.8 Å². The van der Waals surface area contributed by atoms with Gasteiger partial charge >= 0.3 is 0 Å². The van der Waals surface area contributed by atoms with Crippen molar-refractivity contribution in [3.8, 4) is 0 Å². The summed E-state index contributed by atoms with van der Waals surface area (Å²) < 4.78 is 1.54. The molecule has 3 aromatic rings. The van der Waals surface area contributed by atoms with Gasteiger partial charge in [0.15, 0.2) is 0 Å². The van der Waals surface area contributed by atoms with Crippen LogP contribution in [0.4, 0.5) is 5.69 Å². The summed E-state index contributed by atoms with van der Waals surface area (Å²) in [7, 11) is 0. The third-order valence-electron chi connectivity index (χ3n) is 3.15. The van der Waals surface area contributed by atoms with E-state index in [0.29, 0.717) is 28.2 Å². The second-order valence-corrected chi connectivity index (χ2v) is 4.95. The smallest absolute Gasteiger partial charge is 0.261 e. The molecule has 0 amide bonds. The minimum atomic E-state index is -0.0801. The van der Waals surface area contributed by atoms with Gasteiger partial charge in [0.25, 0.3) is 5.56 Å². The summed E-state index contributed by atoms with van der Waals surface area (Å²) in [6.07, 6.45) is 1.54. The Hall–Kier alpha value is -2.33. The number of aromatic nitrogens is 2. The van der Waals surface area contributed by atoms with Crippen molar-refractivity contribution in [1.29, 1.82) is 0 Å². The number of anilines is 1. The Morgan fingerprint density at radius 2 is 2.00 bits per heavy atom. The molecule has 0 aliphatic carbocycles. The van der Waals surface area contributed by atoms with Crippen molar-refractivity contribution in [2.75, 3.05) is 5.73 Å². The van der Waals surface area contributed by atoms with Crippen LogP contribution in [0.3, 0.4) is 0 Å². The molecule has 20 heavy (non-hydrogen) atoms. The van der Waals surface area contributed by atoms with Crippen LogP contribution in [-0.4, -0.2) is 9.55 Å². The molecule has 0 aliphatic heterocycles. The summed E-state index contributed by atoms with van der Waals surface area (Å²) in [5.41, 5.74) is 7.70. The number of nitrogens with two attached hydrogens (primary N) is 1. The fourth-order valence-corrected chi connectivity index (χ4v) is 2.34. The predicted molar refractivity (Wildman–Crippen MR) is 81.0 cm³/mol. The topological polar surface area (TPSA) is 60.9 Å². The Labute approximate surface area is 120 Å². The summed E-state index contributed by atoms with van der Waals surface area (Å²) in [4.78, 5) is 16.6. The zero-order valence-corrected chi connectivity index (χ0v) is 11.3. The van der Waals surface area contributed by atoms with E-state index in [9.17, 15) is 4.79 Å². The van der Waals surface area contributed by atoms with Crippen LogP contribution in [0.25, 0.3) is 10.9 Å². The van der Waals surface area contributed by atoms with Gasteiger partial charge in [-0.1, -0.05) is 29.8 Å². The molecule has 0 unspecified atom stereocenters. The minimum absolute atomic E-state index is 0.0801. The molecule has 0 bridgehead atoms. The Morgan fingerprint density at radius 3 is 2.80 bits per heavy atom. The molecule has 0 spiro atoms. The number of fused-ring (bicyclic) bond motifs is 1. The molecule has 1 heterocycles. The largest absolute Gasteiger partial charge is 0.399 e. The summed E-state index contributed by atoms with van der Waals surface area (Å²) in [6, 6.07) is 12.5. The first-order chi connectivity index (χ1) is 9.65. The van der Waals surface area contributed by atoms with Gasteiger partial charge in [-0.2, -0.15) is 0 Å². The lowest BCUT2D eigenvalue weighted by atomic mass is 10.2. The highest BCUT2D eigenvalue weighted by atomic mass is 35.5. The number of nitrogens with zero attached hydrogens (tertiary/aromatic N) is 2. The van der Waals surface area contributed by atoms with Crippen LogP contribution in [0.5, 0.6) is 0 Å². The molecule has 100 valence electrons. The molecule has 0 aliphatic rings. The van der Waals surface area contributed by atoms with Crippen molar-refractivity contribution < 1.29 is 0 Å². The van der Waals surface area contributed by atoms with Gasteiger partial charge in [0.2, 0.25) is 0 Å². The molecular weight excluding hydrogens is 274 g/mol. The second-order valence-electron chi connectivity index (χ2n) is 4.55. The Morgan fingerprint density at radius 1 is 1.20 bits per heavy atom. The molecular formula is C15H12ClN3O. The molecule has 0 radical (unpaired) electrons. The Bertz CT molecular complexity index is 842. The van der Waals surface area contributed by atoms with Gasteiger partial charge in [0.1, 0.15) is 0 Å². The molecule has 4 nitrogen and oxygen atoms in total. The summed E-state index contributed by atoms with van der Waals surface area (Å²) >= 11 is 6.13. The van der Waals surface area contributed by atoms with E-state index in [1.54, 1.807) is 22.8 Å². The van der Waals surface area contributed by atoms with E-state index < -0.39 is 0 Å². The highest BCUT2D eigenvalue weighted by molar-refractivity contribution is 6.31. The van der Waals surface area contributed by atoms with Crippen molar-refractivity contribution in [1.82, 2.24) is 9.55 Å². The van der Waals surface area contributed by atoms with Crippen LogP contribution in [0.2, 0.25) is 5.02 Å². The number of rotatable bonds is 2. The normalized spacial score (nSPS) is 10.8. The van der Waals surface area contributed by atoms with Gasteiger partial charge < -0.3 is 5.73 Å². The number of nitrogen functional groups attached to an aromatic ring is 1. The van der Waals surface area contributed by atoms with E-state index >= 15 is 0 Å². The Kier molecular flexibility index (Phi) is 3.16. The first kappa shape index (κ1) is 12.7. The first-order valence-electron chi connectivity index (χ1n) is 6.13. The average molecular weight is 286 g/mol. The van der Waals surface area contributed by atoms with Crippen LogP contribution >= 0.6 is 11.6 Å². The molecule has 0 saturated heterocycles. The van der Waals surface area contributed by atoms with Gasteiger partial charge in [-0.3, -0.25) is 9.36 Å². The van der Waals surface area contributed by atoms with Crippen LogP contribution in [0, 0.1) is 0 Å². The number of hydrogen-bond acceptors (Lipinski definition) is 3. The number of halogens is 1. The lowest BCUT2D eigenvalue weighted by Crippen LogP contribution is -2.21. The van der Waals surface area contributed by atoms with E-state index in [-0.39, 0.29) is 5.56 Å². The van der Waals surface area contributed by atoms with Gasteiger partial charge in [0, 0.05) is 10.7 Å². The molecule has 2 aromatic carbocycles. The van der Waals surface area contributed by atoms with Gasteiger partial charge in [0.05, 0.1) is 23.8 Å². The quantitative estimate of drug-likeness (QED) is 0.737. The third-order valence-corrected chi connectivity index (χ3v) is 3.50. The zero-order chi connectivity index (χ0) is 14.1. The molecule has 0 saturated carbocycles. The standard InChI is InChI=1S/C15H12ClN3O/c16-13-7-11(17)6-5-10(13)8-19-9-18-14-4-2-1-3-12(14)15(19)20/h1-7,9H,8,17H2. The molecule has 1 aromatic heterocycles. The van der Waals surface area contributed by atoms with Crippen molar-refractivity contribution in [2.45, 2.75) is 6.54 Å². The molecule has 0 fully saturated rings. The van der Waals surface area contributed by atoms with E-state index in [0.717, 1.165) is 5.56 Å². The number of para-hydroxylation sites is 1. The molecule has 3 rings (SSSR count). The third kappa shape index (κ3) is 2.26. The second kappa shape index (κ2) is 4.98. The number of hydrogen-bond donors (Lipinski definition) is 1. The summed E-state index contributed by atoms with van der Waals surface area (Å²) in [6.45, 7) is 0.371. The maximum atomic E-state index is 12.4. The SMILES string of the molecule is Nc1ccc(Cn2cnc3ccccc3c2=O)c(Cl)c1. The Balaban J connectivity index is 2.07.